The topological polar surface area (TPSA) is 12.0 Å². The number of benzene rings is 1. The van der Waals surface area contributed by atoms with Gasteiger partial charge in [0.2, 0.25) is 0 Å². The van der Waals surface area contributed by atoms with Crippen molar-refractivity contribution in [1.82, 2.24) is 5.32 Å². The first kappa shape index (κ1) is 12.1. The van der Waals surface area contributed by atoms with Crippen LogP contribution in [0.1, 0.15) is 37.3 Å². The number of hydrogen-bond acceptors (Lipinski definition) is 1. The minimum absolute atomic E-state index is 0.646. The monoisotopic (exact) mass is 281 g/mol. The molecule has 1 atom stereocenters. The Morgan fingerprint density at radius 3 is 2.81 bits per heavy atom. The molecule has 88 valence electrons. The van der Waals surface area contributed by atoms with E-state index in [1.807, 2.05) is 0 Å². The number of halogens is 1. The number of aryl methyl sites for hydroxylation is 1. The fourth-order valence-electron chi connectivity index (χ4n) is 1.98. The molecule has 1 N–H and O–H groups in total. The van der Waals surface area contributed by atoms with E-state index in [0.717, 1.165) is 12.5 Å². The smallest absolute Gasteiger partial charge is 0.0208 e. The highest BCUT2D eigenvalue weighted by Crippen LogP contribution is 2.33. The second kappa shape index (κ2) is 5.33. The Bertz CT molecular complexity index is 358. The van der Waals surface area contributed by atoms with E-state index in [9.17, 15) is 0 Å². The van der Waals surface area contributed by atoms with E-state index in [0.29, 0.717) is 6.04 Å². The summed E-state index contributed by atoms with van der Waals surface area (Å²) in [6, 6.07) is 7.24. The van der Waals surface area contributed by atoms with Crippen molar-refractivity contribution in [3.63, 3.8) is 0 Å². The molecule has 1 unspecified atom stereocenters. The molecular formula is C14H20BrN. The second-order valence-corrected chi connectivity index (χ2v) is 5.90. The first-order valence-corrected chi connectivity index (χ1v) is 6.93. The Morgan fingerprint density at radius 1 is 1.44 bits per heavy atom. The van der Waals surface area contributed by atoms with Crippen LogP contribution in [0.4, 0.5) is 0 Å². The average Bonchev–Trinajstić information content (AvgIpc) is 3.04. The molecule has 1 aliphatic carbocycles. The number of hydrogen-bond donors (Lipinski definition) is 1. The fourth-order valence-corrected chi connectivity index (χ4v) is 2.40. The van der Waals surface area contributed by atoms with E-state index in [4.69, 9.17) is 0 Å². The van der Waals surface area contributed by atoms with Crippen molar-refractivity contribution < 1.29 is 0 Å². The van der Waals surface area contributed by atoms with Crippen molar-refractivity contribution in [2.45, 2.75) is 45.7 Å². The SMILES string of the molecule is Cc1ccc(CNC(C)CC2CC2)cc1Br. The Balaban J connectivity index is 1.81. The molecule has 0 spiro atoms. The van der Waals surface area contributed by atoms with Crippen LogP contribution in [0, 0.1) is 12.8 Å². The van der Waals surface area contributed by atoms with Crippen LogP contribution in [0.15, 0.2) is 22.7 Å². The van der Waals surface area contributed by atoms with Gasteiger partial charge < -0.3 is 5.32 Å². The van der Waals surface area contributed by atoms with E-state index in [1.165, 1.54) is 34.9 Å². The Morgan fingerprint density at radius 2 is 2.19 bits per heavy atom. The molecule has 1 saturated carbocycles. The van der Waals surface area contributed by atoms with Gasteiger partial charge in [0.05, 0.1) is 0 Å². The minimum Gasteiger partial charge on any atom is -0.310 e. The van der Waals surface area contributed by atoms with Crippen molar-refractivity contribution in [3.8, 4) is 0 Å². The van der Waals surface area contributed by atoms with Gasteiger partial charge in [-0.1, -0.05) is 40.9 Å². The standard InChI is InChI=1S/C14H20BrN/c1-10-3-4-13(8-14(10)15)9-16-11(2)7-12-5-6-12/h3-4,8,11-12,16H,5-7,9H2,1-2H3. The van der Waals surface area contributed by atoms with Gasteiger partial charge in [-0.15, -0.1) is 0 Å². The molecule has 1 aliphatic rings. The van der Waals surface area contributed by atoms with Crippen LogP contribution in [-0.4, -0.2) is 6.04 Å². The van der Waals surface area contributed by atoms with E-state index in [2.05, 4.69) is 53.3 Å². The van der Waals surface area contributed by atoms with Gasteiger partial charge in [0.15, 0.2) is 0 Å². The van der Waals surface area contributed by atoms with Crippen LogP contribution in [0.5, 0.6) is 0 Å². The highest BCUT2D eigenvalue weighted by atomic mass is 79.9. The molecule has 1 aromatic carbocycles. The Hall–Kier alpha value is -0.340. The van der Waals surface area contributed by atoms with Crippen LogP contribution in [-0.2, 0) is 6.54 Å². The van der Waals surface area contributed by atoms with Gasteiger partial charge in [0.1, 0.15) is 0 Å². The van der Waals surface area contributed by atoms with Crippen LogP contribution < -0.4 is 5.32 Å². The third-order valence-electron chi connectivity index (χ3n) is 3.27. The Kier molecular flexibility index (Phi) is 4.04. The lowest BCUT2D eigenvalue weighted by molar-refractivity contribution is 0.487. The zero-order valence-electron chi connectivity index (χ0n) is 10.1. The number of nitrogens with one attached hydrogen (secondary N) is 1. The van der Waals surface area contributed by atoms with Crippen molar-refractivity contribution in [2.24, 2.45) is 5.92 Å². The van der Waals surface area contributed by atoms with Crippen molar-refractivity contribution in [2.75, 3.05) is 0 Å². The summed E-state index contributed by atoms with van der Waals surface area (Å²) in [6.07, 6.45) is 4.23. The zero-order valence-corrected chi connectivity index (χ0v) is 11.7. The van der Waals surface area contributed by atoms with Gasteiger partial charge in [-0.3, -0.25) is 0 Å². The normalized spacial score (nSPS) is 17.4. The summed E-state index contributed by atoms with van der Waals surface area (Å²) in [5.74, 6) is 1.01. The molecule has 0 aliphatic heterocycles. The van der Waals surface area contributed by atoms with Gasteiger partial charge in [-0.2, -0.15) is 0 Å². The molecule has 1 fully saturated rings. The molecule has 0 bridgehead atoms. The second-order valence-electron chi connectivity index (χ2n) is 5.04. The summed E-state index contributed by atoms with van der Waals surface area (Å²) in [7, 11) is 0. The van der Waals surface area contributed by atoms with Crippen molar-refractivity contribution >= 4 is 15.9 Å². The maximum Gasteiger partial charge on any atom is 0.0208 e. The molecule has 1 aromatic rings. The fraction of sp³-hybridized carbons (Fsp3) is 0.571. The highest BCUT2D eigenvalue weighted by molar-refractivity contribution is 9.10. The molecular weight excluding hydrogens is 262 g/mol. The summed E-state index contributed by atoms with van der Waals surface area (Å²) >= 11 is 3.58. The van der Waals surface area contributed by atoms with Crippen molar-refractivity contribution in [3.05, 3.63) is 33.8 Å². The molecule has 16 heavy (non-hydrogen) atoms. The molecule has 1 nitrogen and oxygen atoms in total. The van der Waals surface area contributed by atoms with Gasteiger partial charge in [-0.25, -0.2) is 0 Å². The summed E-state index contributed by atoms with van der Waals surface area (Å²) in [5, 5.41) is 3.60. The van der Waals surface area contributed by atoms with Crippen LogP contribution in [0.25, 0.3) is 0 Å². The van der Waals surface area contributed by atoms with E-state index >= 15 is 0 Å². The van der Waals surface area contributed by atoms with Crippen LogP contribution in [0.2, 0.25) is 0 Å². The van der Waals surface area contributed by atoms with Crippen molar-refractivity contribution in [1.29, 1.82) is 0 Å². The van der Waals surface area contributed by atoms with E-state index < -0.39 is 0 Å². The maximum absolute atomic E-state index is 3.60. The lowest BCUT2D eigenvalue weighted by Gasteiger charge is -2.13. The minimum atomic E-state index is 0.646. The van der Waals surface area contributed by atoms with Crippen LogP contribution >= 0.6 is 15.9 Å². The average molecular weight is 282 g/mol. The Labute approximate surface area is 107 Å². The molecule has 2 rings (SSSR count). The predicted molar refractivity (Wildman–Crippen MR) is 72.5 cm³/mol. The lowest BCUT2D eigenvalue weighted by Crippen LogP contribution is -2.25. The summed E-state index contributed by atoms with van der Waals surface area (Å²) < 4.78 is 1.21. The van der Waals surface area contributed by atoms with Crippen LogP contribution in [0.3, 0.4) is 0 Å². The quantitative estimate of drug-likeness (QED) is 0.859. The lowest BCUT2D eigenvalue weighted by atomic mass is 10.1. The first-order valence-electron chi connectivity index (χ1n) is 6.13. The number of rotatable bonds is 5. The highest BCUT2D eigenvalue weighted by Gasteiger charge is 2.23. The molecule has 0 saturated heterocycles. The van der Waals surface area contributed by atoms with Gasteiger partial charge in [-0.05, 0) is 43.4 Å². The van der Waals surface area contributed by atoms with E-state index in [-0.39, 0.29) is 0 Å². The molecule has 0 heterocycles. The van der Waals surface area contributed by atoms with Gasteiger partial charge in [0, 0.05) is 17.1 Å². The summed E-state index contributed by atoms with van der Waals surface area (Å²) in [4.78, 5) is 0. The molecule has 2 heteroatoms. The largest absolute Gasteiger partial charge is 0.310 e. The predicted octanol–water partition coefficient (Wildman–Crippen LogP) is 4.04. The third kappa shape index (κ3) is 3.60. The molecule has 0 radical (unpaired) electrons. The molecule has 0 aromatic heterocycles. The van der Waals surface area contributed by atoms with Gasteiger partial charge >= 0.3 is 0 Å². The molecule has 0 amide bonds. The third-order valence-corrected chi connectivity index (χ3v) is 4.13. The van der Waals surface area contributed by atoms with Gasteiger partial charge in [0.25, 0.3) is 0 Å². The maximum atomic E-state index is 3.60. The first-order chi connectivity index (χ1) is 7.65. The zero-order chi connectivity index (χ0) is 11.5. The summed E-state index contributed by atoms with van der Waals surface area (Å²) in [6.45, 7) is 5.39. The van der Waals surface area contributed by atoms with E-state index in [1.54, 1.807) is 0 Å². The summed E-state index contributed by atoms with van der Waals surface area (Å²) in [5.41, 5.74) is 2.66.